The Hall–Kier alpha value is -0.640. The van der Waals surface area contributed by atoms with Crippen LogP contribution in [0.4, 0.5) is 0 Å². The topological polar surface area (TPSA) is 46.3 Å². The third-order valence-corrected chi connectivity index (χ3v) is 3.53. The summed E-state index contributed by atoms with van der Waals surface area (Å²) in [6, 6.07) is 0. The Morgan fingerprint density at radius 3 is 2.47 bits per heavy atom. The summed E-state index contributed by atoms with van der Waals surface area (Å²) in [5.41, 5.74) is 5.53. The van der Waals surface area contributed by atoms with E-state index in [1.54, 1.807) is 4.90 Å². The number of nitrogens with two attached hydrogens (primary N) is 1. The molecule has 0 spiro atoms. The smallest absolute Gasteiger partial charge is 0.225 e. The van der Waals surface area contributed by atoms with Crippen molar-refractivity contribution >= 4 is 23.1 Å². The number of carbonyl (C=O) groups excluding carboxylic acids is 1. The van der Waals surface area contributed by atoms with Crippen LogP contribution in [0.2, 0.25) is 0 Å². The van der Waals surface area contributed by atoms with Crippen molar-refractivity contribution in [1.82, 2.24) is 4.90 Å². The summed E-state index contributed by atoms with van der Waals surface area (Å²) in [7, 11) is 1.83. The summed E-state index contributed by atoms with van der Waals surface area (Å²) in [5.74, 6) is 1.09. The molecular weight excluding hydrogens is 208 g/mol. The Morgan fingerprint density at radius 2 is 2.07 bits per heavy atom. The van der Waals surface area contributed by atoms with E-state index in [9.17, 15) is 4.79 Å². The number of amides is 1. The van der Waals surface area contributed by atoms with E-state index in [1.165, 1.54) is 12.8 Å². The number of thiocarbonyl (C=S) groups is 1. The molecule has 15 heavy (non-hydrogen) atoms. The normalized spacial score (nSPS) is 19.4. The molecule has 3 nitrogen and oxygen atoms in total. The first kappa shape index (κ1) is 12.4. The minimum Gasteiger partial charge on any atom is -0.393 e. The summed E-state index contributed by atoms with van der Waals surface area (Å²) in [5, 5.41) is 0. The number of rotatable bonds is 5. The van der Waals surface area contributed by atoms with Crippen LogP contribution in [-0.2, 0) is 4.79 Å². The van der Waals surface area contributed by atoms with E-state index in [1.807, 2.05) is 20.9 Å². The molecule has 2 unspecified atom stereocenters. The fourth-order valence-corrected chi connectivity index (χ4v) is 1.81. The number of hydrogen-bond donors (Lipinski definition) is 1. The minimum absolute atomic E-state index is 0.0975. The molecule has 1 saturated carbocycles. The lowest BCUT2D eigenvalue weighted by Crippen LogP contribution is -2.38. The van der Waals surface area contributed by atoms with E-state index >= 15 is 0 Å². The molecule has 0 aromatic heterocycles. The summed E-state index contributed by atoms with van der Waals surface area (Å²) < 4.78 is 0. The second kappa shape index (κ2) is 4.92. The molecule has 1 fully saturated rings. The van der Waals surface area contributed by atoms with Crippen LogP contribution in [0.1, 0.15) is 26.7 Å². The van der Waals surface area contributed by atoms with E-state index in [4.69, 9.17) is 18.0 Å². The highest BCUT2D eigenvalue weighted by Crippen LogP contribution is 2.37. The van der Waals surface area contributed by atoms with Crippen molar-refractivity contribution < 1.29 is 4.79 Å². The van der Waals surface area contributed by atoms with Crippen LogP contribution in [0.25, 0.3) is 0 Å². The summed E-state index contributed by atoms with van der Waals surface area (Å²) >= 11 is 4.89. The van der Waals surface area contributed by atoms with Gasteiger partial charge in [-0.2, -0.15) is 0 Å². The second-order valence-electron chi connectivity index (χ2n) is 4.65. The van der Waals surface area contributed by atoms with Gasteiger partial charge in [-0.1, -0.05) is 26.1 Å². The van der Waals surface area contributed by atoms with E-state index in [0.717, 1.165) is 0 Å². The molecule has 1 aliphatic rings. The van der Waals surface area contributed by atoms with Gasteiger partial charge in [-0.3, -0.25) is 4.79 Å². The number of carbonyl (C=O) groups is 1. The van der Waals surface area contributed by atoms with E-state index < -0.39 is 0 Å². The van der Waals surface area contributed by atoms with Crippen molar-refractivity contribution in [3.63, 3.8) is 0 Å². The van der Waals surface area contributed by atoms with Crippen molar-refractivity contribution in [3.05, 3.63) is 0 Å². The average Bonchev–Trinajstić information content (AvgIpc) is 2.98. The average molecular weight is 228 g/mol. The monoisotopic (exact) mass is 228 g/mol. The van der Waals surface area contributed by atoms with Crippen LogP contribution in [0.3, 0.4) is 0 Å². The Labute approximate surface area is 97.0 Å². The van der Waals surface area contributed by atoms with Gasteiger partial charge in [0.15, 0.2) is 0 Å². The Bertz CT molecular complexity index is 263. The Balaban J connectivity index is 2.41. The first-order chi connectivity index (χ1) is 6.93. The zero-order valence-corrected chi connectivity index (χ0v) is 10.5. The van der Waals surface area contributed by atoms with Crippen molar-refractivity contribution in [2.45, 2.75) is 26.7 Å². The van der Waals surface area contributed by atoms with Crippen LogP contribution >= 0.6 is 12.2 Å². The molecule has 4 heteroatoms. The lowest BCUT2D eigenvalue weighted by atomic mass is 10.0. The molecule has 1 aliphatic carbocycles. The molecule has 0 heterocycles. The van der Waals surface area contributed by atoms with Crippen LogP contribution in [0, 0.1) is 17.8 Å². The molecule has 0 bridgehead atoms. The molecule has 0 saturated heterocycles. The highest BCUT2D eigenvalue weighted by atomic mass is 32.1. The fourth-order valence-electron chi connectivity index (χ4n) is 1.74. The molecule has 86 valence electrons. The van der Waals surface area contributed by atoms with Crippen molar-refractivity contribution in [1.29, 1.82) is 0 Å². The predicted octanol–water partition coefficient (Wildman–Crippen LogP) is 1.41. The predicted molar refractivity (Wildman–Crippen MR) is 65.5 cm³/mol. The van der Waals surface area contributed by atoms with Gasteiger partial charge in [-0.05, 0) is 18.8 Å². The number of hydrogen-bond acceptors (Lipinski definition) is 2. The lowest BCUT2D eigenvalue weighted by molar-refractivity contribution is -0.134. The van der Waals surface area contributed by atoms with E-state index in [0.29, 0.717) is 17.5 Å². The van der Waals surface area contributed by atoms with Gasteiger partial charge in [-0.15, -0.1) is 0 Å². The molecule has 0 radical (unpaired) electrons. The molecule has 0 aromatic rings. The highest BCUT2D eigenvalue weighted by Gasteiger charge is 2.34. The molecule has 0 aliphatic heterocycles. The zero-order valence-electron chi connectivity index (χ0n) is 9.69. The van der Waals surface area contributed by atoms with Crippen LogP contribution in [-0.4, -0.2) is 29.4 Å². The summed E-state index contributed by atoms with van der Waals surface area (Å²) in [6.45, 7) is 4.60. The first-order valence-electron chi connectivity index (χ1n) is 5.47. The van der Waals surface area contributed by atoms with Gasteiger partial charge in [-0.25, -0.2) is 0 Å². The van der Waals surface area contributed by atoms with Gasteiger partial charge in [0.25, 0.3) is 0 Å². The quantitative estimate of drug-likeness (QED) is 0.724. The molecule has 1 amide bonds. The third kappa shape index (κ3) is 3.45. The van der Waals surface area contributed by atoms with Crippen molar-refractivity contribution in [2.24, 2.45) is 23.5 Å². The molecule has 2 atom stereocenters. The van der Waals surface area contributed by atoms with Gasteiger partial charge in [0.1, 0.15) is 0 Å². The van der Waals surface area contributed by atoms with Gasteiger partial charge < -0.3 is 10.6 Å². The minimum atomic E-state index is 0.0975. The van der Waals surface area contributed by atoms with Crippen LogP contribution in [0.5, 0.6) is 0 Å². The summed E-state index contributed by atoms with van der Waals surface area (Å²) in [6.07, 6.45) is 2.40. The van der Waals surface area contributed by atoms with E-state index in [2.05, 4.69) is 0 Å². The molecule has 2 N–H and O–H groups in total. The SMILES string of the molecule is CC(CN(C)C(=O)C(C)C1CC1)C(N)=S. The van der Waals surface area contributed by atoms with Crippen LogP contribution < -0.4 is 5.73 Å². The van der Waals surface area contributed by atoms with Gasteiger partial charge >= 0.3 is 0 Å². The molecule has 0 aromatic carbocycles. The van der Waals surface area contributed by atoms with Crippen molar-refractivity contribution in [3.8, 4) is 0 Å². The zero-order chi connectivity index (χ0) is 11.6. The highest BCUT2D eigenvalue weighted by molar-refractivity contribution is 7.80. The standard InChI is InChI=1S/C11H20N2OS/c1-7(10(12)15)6-13(3)11(14)8(2)9-4-5-9/h7-9H,4-6H2,1-3H3,(H2,12,15). The fraction of sp³-hybridized carbons (Fsp3) is 0.818. The van der Waals surface area contributed by atoms with Crippen molar-refractivity contribution in [2.75, 3.05) is 13.6 Å². The van der Waals surface area contributed by atoms with E-state index in [-0.39, 0.29) is 17.7 Å². The molecular formula is C11H20N2OS. The van der Waals surface area contributed by atoms with Gasteiger partial charge in [0, 0.05) is 25.4 Å². The largest absolute Gasteiger partial charge is 0.393 e. The maximum Gasteiger partial charge on any atom is 0.225 e. The lowest BCUT2D eigenvalue weighted by Gasteiger charge is -2.24. The van der Waals surface area contributed by atoms with Crippen LogP contribution in [0.15, 0.2) is 0 Å². The first-order valence-corrected chi connectivity index (χ1v) is 5.88. The second-order valence-corrected chi connectivity index (χ2v) is 5.12. The van der Waals surface area contributed by atoms with Gasteiger partial charge in [0.05, 0.1) is 4.99 Å². The Kier molecular flexibility index (Phi) is 4.08. The number of nitrogens with zero attached hydrogens (tertiary/aromatic N) is 1. The van der Waals surface area contributed by atoms with Gasteiger partial charge in [0.2, 0.25) is 5.91 Å². The maximum absolute atomic E-state index is 11.9. The maximum atomic E-state index is 11.9. The molecule has 1 rings (SSSR count). The third-order valence-electron chi connectivity index (χ3n) is 3.13. The Morgan fingerprint density at radius 1 is 1.53 bits per heavy atom. The summed E-state index contributed by atoms with van der Waals surface area (Å²) in [4.78, 5) is 14.2.